The lowest BCUT2D eigenvalue weighted by Gasteiger charge is -2.23. The molecule has 0 bridgehead atoms. The fraction of sp³-hybridized carbons (Fsp3) is 0.533. The van der Waals surface area contributed by atoms with Crippen LogP contribution in [-0.2, 0) is 7.05 Å². The van der Waals surface area contributed by atoms with Crippen LogP contribution in [0.2, 0.25) is 0 Å². The average Bonchev–Trinajstić information content (AvgIpc) is 3.06. The standard InChI is InChI=1S/C15H22N6O.ClH/c1-9-14(10(2)21(3)20-9)12-7-13(19-18-12)15(22)17-11-5-4-6-16-8-11;/h7,11,16H,4-6,8H2,1-3H3,(H,17,22)(H,18,19);1H. The lowest BCUT2D eigenvalue weighted by atomic mass is 10.1. The maximum atomic E-state index is 12.3. The van der Waals surface area contributed by atoms with Crippen LogP contribution in [0.5, 0.6) is 0 Å². The number of amides is 1. The summed E-state index contributed by atoms with van der Waals surface area (Å²) in [5, 5.41) is 17.8. The molecule has 1 aliphatic heterocycles. The summed E-state index contributed by atoms with van der Waals surface area (Å²) in [4.78, 5) is 12.3. The van der Waals surface area contributed by atoms with Gasteiger partial charge in [0.05, 0.1) is 11.4 Å². The number of piperidine rings is 1. The molecule has 0 aliphatic carbocycles. The molecule has 1 aliphatic rings. The molecule has 7 nitrogen and oxygen atoms in total. The first-order valence-corrected chi connectivity index (χ1v) is 7.64. The Kier molecular flexibility index (Phi) is 5.43. The molecule has 2 aromatic rings. The summed E-state index contributed by atoms with van der Waals surface area (Å²) in [5.74, 6) is -0.105. The van der Waals surface area contributed by atoms with Gasteiger partial charge in [0, 0.05) is 30.9 Å². The van der Waals surface area contributed by atoms with E-state index in [9.17, 15) is 4.79 Å². The Hall–Kier alpha value is -1.86. The first kappa shape index (κ1) is 17.5. The maximum Gasteiger partial charge on any atom is 0.269 e. The number of carbonyl (C=O) groups is 1. The number of hydrogen-bond donors (Lipinski definition) is 3. The number of aromatic nitrogens is 4. The Labute approximate surface area is 141 Å². The number of rotatable bonds is 3. The molecular formula is C15H23ClN6O. The van der Waals surface area contributed by atoms with Gasteiger partial charge in [-0.05, 0) is 39.3 Å². The number of carbonyl (C=O) groups excluding carboxylic acids is 1. The molecule has 0 spiro atoms. The number of nitrogens with zero attached hydrogens (tertiary/aromatic N) is 3. The molecule has 0 saturated carbocycles. The van der Waals surface area contributed by atoms with Gasteiger partial charge in [0.25, 0.3) is 5.91 Å². The van der Waals surface area contributed by atoms with Crippen LogP contribution in [0.3, 0.4) is 0 Å². The highest BCUT2D eigenvalue weighted by Crippen LogP contribution is 2.25. The third-order valence-electron chi connectivity index (χ3n) is 4.22. The number of aromatic amines is 1. The molecule has 2 aromatic heterocycles. The summed E-state index contributed by atoms with van der Waals surface area (Å²) in [6, 6.07) is 1.98. The second-order valence-electron chi connectivity index (χ2n) is 5.85. The molecule has 126 valence electrons. The molecule has 1 saturated heterocycles. The zero-order valence-electron chi connectivity index (χ0n) is 13.6. The maximum absolute atomic E-state index is 12.3. The molecule has 0 aromatic carbocycles. The van der Waals surface area contributed by atoms with Crippen LogP contribution in [0.25, 0.3) is 11.3 Å². The fourth-order valence-corrected chi connectivity index (χ4v) is 2.95. The molecular weight excluding hydrogens is 316 g/mol. The number of halogens is 1. The number of aryl methyl sites for hydroxylation is 2. The van der Waals surface area contributed by atoms with E-state index in [0.29, 0.717) is 5.69 Å². The summed E-state index contributed by atoms with van der Waals surface area (Å²) in [6.07, 6.45) is 2.10. The molecule has 23 heavy (non-hydrogen) atoms. The predicted octanol–water partition coefficient (Wildman–Crippen LogP) is 1.33. The molecule has 1 fully saturated rings. The second kappa shape index (κ2) is 7.14. The van der Waals surface area contributed by atoms with Crippen molar-refractivity contribution in [1.82, 2.24) is 30.6 Å². The third-order valence-corrected chi connectivity index (χ3v) is 4.22. The molecule has 3 rings (SSSR count). The van der Waals surface area contributed by atoms with Gasteiger partial charge in [0.1, 0.15) is 5.69 Å². The Balaban J connectivity index is 0.00000192. The van der Waals surface area contributed by atoms with Gasteiger partial charge in [-0.1, -0.05) is 0 Å². The van der Waals surface area contributed by atoms with Crippen LogP contribution in [0, 0.1) is 13.8 Å². The molecule has 0 radical (unpaired) electrons. The van der Waals surface area contributed by atoms with Gasteiger partial charge in [0.15, 0.2) is 0 Å². The van der Waals surface area contributed by atoms with E-state index < -0.39 is 0 Å². The lowest BCUT2D eigenvalue weighted by Crippen LogP contribution is -2.45. The first-order valence-electron chi connectivity index (χ1n) is 7.64. The van der Waals surface area contributed by atoms with E-state index >= 15 is 0 Å². The summed E-state index contributed by atoms with van der Waals surface area (Å²) < 4.78 is 1.83. The van der Waals surface area contributed by atoms with Crippen molar-refractivity contribution in [2.45, 2.75) is 32.7 Å². The summed E-state index contributed by atoms with van der Waals surface area (Å²) in [6.45, 7) is 5.80. The van der Waals surface area contributed by atoms with Crippen LogP contribution in [0.15, 0.2) is 6.07 Å². The zero-order chi connectivity index (χ0) is 15.7. The van der Waals surface area contributed by atoms with Crippen LogP contribution < -0.4 is 10.6 Å². The van der Waals surface area contributed by atoms with Gasteiger partial charge in [0.2, 0.25) is 0 Å². The summed E-state index contributed by atoms with van der Waals surface area (Å²) in [5.41, 5.74) is 4.18. The van der Waals surface area contributed by atoms with E-state index in [1.54, 1.807) is 6.07 Å². The Morgan fingerprint density at radius 3 is 2.83 bits per heavy atom. The smallest absolute Gasteiger partial charge is 0.269 e. The Bertz CT molecular complexity index is 686. The zero-order valence-corrected chi connectivity index (χ0v) is 14.5. The molecule has 1 unspecified atom stereocenters. The van der Waals surface area contributed by atoms with Gasteiger partial charge in [-0.15, -0.1) is 12.4 Å². The predicted molar refractivity (Wildman–Crippen MR) is 90.9 cm³/mol. The monoisotopic (exact) mass is 338 g/mol. The quantitative estimate of drug-likeness (QED) is 0.788. The van der Waals surface area contributed by atoms with Gasteiger partial charge < -0.3 is 10.6 Å². The van der Waals surface area contributed by atoms with E-state index in [1.807, 2.05) is 25.6 Å². The lowest BCUT2D eigenvalue weighted by molar-refractivity contribution is 0.0925. The minimum atomic E-state index is -0.105. The van der Waals surface area contributed by atoms with Gasteiger partial charge >= 0.3 is 0 Å². The molecule has 1 atom stereocenters. The molecule has 3 N–H and O–H groups in total. The summed E-state index contributed by atoms with van der Waals surface area (Å²) in [7, 11) is 1.90. The molecule has 3 heterocycles. The van der Waals surface area contributed by atoms with E-state index in [0.717, 1.165) is 48.6 Å². The second-order valence-corrected chi connectivity index (χ2v) is 5.85. The van der Waals surface area contributed by atoms with Crippen LogP contribution in [-0.4, -0.2) is 45.0 Å². The van der Waals surface area contributed by atoms with Crippen LogP contribution >= 0.6 is 12.4 Å². The first-order chi connectivity index (χ1) is 10.6. The average molecular weight is 339 g/mol. The van der Waals surface area contributed by atoms with E-state index in [4.69, 9.17) is 0 Å². The molecule has 8 heteroatoms. The van der Waals surface area contributed by atoms with E-state index in [1.165, 1.54) is 0 Å². The van der Waals surface area contributed by atoms with Crippen molar-refractivity contribution in [3.8, 4) is 11.3 Å². The number of hydrogen-bond acceptors (Lipinski definition) is 4. The van der Waals surface area contributed by atoms with Crippen molar-refractivity contribution in [3.05, 3.63) is 23.1 Å². The molecule has 1 amide bonds. The van der Waals surface area contributed by atoms with Crippen LogP contribution in [0.4, 0.5) is 0 Å². The Morgan fingerprint density at radius 1 is 1.43 bits per heavy atom. The van der Waals surface area contributed by atoms with E-state index in [-0.39, 0.29) is 24.4 Å². The normalized spacial score (nSPS) is 17.6. The largest absolute Gasteiger partial charge is 0.347 e. The Morgan fingerprint density at radius 2 is 2.22 bits per heavy atom. The minimum Gasteiger partial charge on any atom is -0.347 e. The van der Waals surface area contributed by atoms with Crippen molar-refractivity contribution >= 4 is 18.3 Å². The highest BCUT2D eigenvalue weighted by Gasteiger charge is 2.20. The van der Waals surface area contributed by atoms with Crippen molar-refractivity contribution < 1.29 is 4.79 Å². The van der Waals surface area contributed by atoms with Crippen molar-refractivity contribution in [2.24, 2.45) is 7.05 Å². The SMILES string of the molecule is Cc1nn(C)c(C)c1-c1cc(C(=O)NC2CCCNC2)[nH]n1.Cl. The van der Waals surface area contributed by atoms with Crippen molar-refractivity contribution in [1.29, 1.82) is 0 Å². The van der Waals surface area contributed by atoms with Crippen LogP contribution in [0.1, 0.15) is 34.7 Å². The van der Waals surface area contributed by atoms with Gasteiger partial charge in [-0.3, -0.25) is 14.6 Å². The fourth-order valence-electron chi connectivity index (χ4n) is 2.95. The van der Waals surface area contributed by atoms with Gasteiger partial charge in [-0.2, -0.15) is 10.2 Å². The van der Waals surface area contributed by atoms with Crippen molar-refractivity contribution in [2.75, 3.05) is 13.1 Å². The minimum absolute atomic E-state index is 0. The van der Waals surface area contributed by atoms with Crippen molar-refractivity contribution in [3.63, 3.8) is 0 Å². The summed E-state index contributed by atoms with van der Waals surface area (Å²) >= 11 is 0. The number of H-pyrrole nitrogens is 1. The highest BCUT2D eigenvalue weighted by atomic mass is 35.5. The van der Waals surface area contributed by atoms with Gasteiger partial charge in [-0.25, -0.2) is 0 Å². The number of nitrogens with one attached hydrogen (secondary N) is 3. The van der Waals surface area contributed by atoms with E-state index in [2.05, 4.69) is 25.9 Å². The topological polar surface area (TPSA) is 87.6 Å². The highest BCUT2D eigenvalue weighted by molar-refractivity contribution is 5.93. The third kappa shape index (κ3) is 3.56.